The summed E-state index contributed by atoms with van der Waals surface area (Å²) in [5.74, 6) is 0. The summed E-state index contributed by atoms with van der Waals surface area (Å²) in [6, 6.07) is 20.9. The number of rotatable bonds is 7. The summed E-state index contributed by atoms with van der Waals surface area (Å²) in [5.41, 5.74) is 6.79. The highest BCUT2D eigenvalue weighted by Gasteiger charge is 2.22. The number of benzene rings is 3. The molecule has 2 N–H and O–H groups in total. The van der Waals surface area contributed by atoms with Crippen LogP contribution in [0.15, 0.2) is 65.6 Å². The van der Waals surface area contributed by atoms with Gasteiger partial charge in [0.1, 0.15) is 6.29 Å². The molecule has 0 aromatic heterocycles. The zero-order valence-electron chi connectivity index (χ0n) is 19.8. The van der Waals surface area contributed by atoms with Crippen molar-refractivity contribution in [3.8, 4) is 11.1 Å². The number of aryl methyl sites for hydroxylation is 2. The third-order valence-electron chi connectivity index (χ3n) is 5.71. The summed E-state index contributed by atoms with van der Waals surface area (Å²) >= 11 is 7.82. The van der Waals surface area contributed by atoms with Crippen LogP contribution >= 0.6 is 23.5 Å². The Kier molecular flexibility index (Phi) is 9.99. The van der Waals surface area contributed by atoms with Gasteiger partial charge in [-0.05, 0) is 77.9 Å². The number of aliphatic hydroxyl groups is 1. The number of hydrogen-bond donors (Lipinski definition) is 2. The van der Waals surface area contributed by atoms with Crippen molar-refractivity contribution in [3.05, 3.63) is 82.4 Å². The average molecular weight is 499 g/mol. The zero-order valence-corrected chi connectivity index (χ0v) is 21.3. The van der Waals surface area contributed by atoms with Crippen LogP contribution in [0.3, 0.4) is 0 Å². The molecule has 1 aliphatic rings. The fourth-order valence-electron chi connectivity index (χ4n) is 3.76. The van der Waals surface area contributed by atoms with E-state index in [9.17, 15) is 4.79 Å². The molecule has 0 spiro atoms. The minimum Gasteiger partial charge on any atom is -0.400 e. The first kappa shape index (κ1) is 26.3. The average Bonchev–Trinajstić information content (AvgIpc) is 2.87. The van der Waals surface area contributed by atoms with Gasteiger partial charge in [-0.1, -0.05) is 48.0 Å². The molecule has 1 heterocycles. The lowest BCUT2D eigenvalue weighted by molar-refractivity contribution is -0.118. The van der Waals surface area contributed by atoms with Crippen LogP contribution in [-0.2, 0) is 16.1 Å². The van der Waals surface area contributed by atoms with Gasteiger partial charge < -0.3 is 19.4 Å². The molecule has 4 rings (SSSR count). The highest BCUT2D eigenvalue weighted by atomic mass is 35.5. The number of hydrogen-bond acceptors (Lipinski definition) is 6. The lowest BCUT2D eigenvalue weighted by Crippen LogP contribution is -2.45. The maximum absolute atomic E-state index is 11.3. The molecule has 3 aromatic rings. The normalized spacial score (nSPS) is 15.9. The highest BCUT2D eigenvalue weighted by Crippen LogP contribution is 2.30. The number of anilines is 1. The van der Waals surface area contributed by atoms with E-state index >= 15 is 0 Å². The van der Waals surface area contributed by atoms with Crippen molar-refractivity contribution in [1.82, 2.24) is 4.90 Å². The summed E-state index contributed by atoms with van der Waals surface area (Å²) in [5, 5.41) is 7.80. The third kappa shape index (κ3) is 6.84. The summed E-state index contributed by atoms with van der Waals surface area (Å²) in [6.45, 7) is 6.79. The number of halogens is 1. The highest BCUT2D eigenvalue weighted by molar-refractivity contribution is 8.00. The number of carbonyl (C=O) groups is 1. The van der Waals surface area contributed by atoms with E-state index in [-0.39, 0.29) is 6.04 Å². The van der Waals surface area contributed by atoms with Crippen LogP contribution in [0.25, 0.3) is 11.1 Å². The monoisotopic (exact) mass is 498 g/mol. The van der Waals surface area contributed by atoms with Crippen LogP contribution in [-0.4, -0.2) is 49.2 Å². The van der Waals surface area contributed by atoms with Gasteiger partial charge in [-0.2, -0.15) is 0 Å². The molecule has 1 saturated heterocycles. The van der Waals surface area contributed by atoms with Crippen LogP contribution < -0.4 is 4.72 Å². The summed E-state index contributed by atoms with van der Waals surface area (Å²) in [4.78, 5) is 14.6. The molecule has 0 saturated carbocycles. The number of nitrogens with zero attached hydrogens (tertiary/aromatic N) is 1. The van der Waals surface area contributed by atoms with Gasteiger partial charge in [-0.3, -0.25) is 4.90 Å². The molecular formula is C27H31ClN2O3S. The molecule has 1 unspecified atom stereocenters. The molecule has 1 atom stereocenters. The zero-order chi connectivity index (χ0) is 24.5. The quantitative estimate of drug-likeness (QED) is 0.319. The summed E-state index contributed by atoms with van der Waals surface area (Å²) in [7, 11) is 1.00. The first-order valence-electron chi connectivity index (χ1n) is 11.1. The molecule has 3 aromatic carbocycles. The SMILES string of the molecule is CO.Cc1cc(SNc2cccc(-c3ccc(CN4CCOCC4C=O)cc3)c2)c(C)cc1Cl. The van der Waals surface area contributed by atoms with Gasteiger partial charge in [-0.15, -0.1) is 0 Å². The van der Waals surface area contributed by atoms with Crippen LogP contribution in [0.5, 0.6) is 0 Å². The molecule has 0 aliphatic carbocycles. The largest absolute Gasteiger partial charge is 0.400 e. The smallest absolute Gasteiger partial charge is 0.139 e. The summed E-state index contributed by atoms with van der Waals surface area (Å²) in [6.07, 6.45) is 0.983. The number of ether oxygens (including phenoxy) is 1. The van der Waals surface area contributed by atoms with E-state index in [4.69, 9.17) is 21.4 Å². The Balaban J connectivity index is 0.00000158. The number of carbonyl (C=O) groups excluding carboxylic acids is 1. The van der Waals surface area contributed by atoms with Crippen molar-refractivity contribution < 1.29 is 14.6 Å². The van der Waals surface area contributed by atoms with Gasteiger partial charge in [0.05, 0.1) is 19.3 Å². The van der Waals surface area contributed by atoms with Crippen LogP contribution in [0.1, 0.15) is 16.7 Å². The summed E-state index contributed by atoms with van der Waals surface area (Å²) < 4.78 is 8.87. The Morgan fingerprint density at radius 1 is 1.09 bits per heavy atom. The maximum Gasteiger partial charge on any atom is 0.139 e. The van der Waals surface area contributed by atoms with Crippen molar-refractivity contribution in [2.75, 3.05) is 31.6 Å². The Labute approximate surface area is 211 Å². The number of aldehydes is 1. The van der Waals surface area contributed by atoms with Crippen molar-refractivity contribution >= 4 is 35.5 Å². The Morgan fingerprint density at radius 3 is 2.59 bits per heavy atom. The minimum absolute atomic E-state index is 0.156. The number of aliphatic hydroxyl groups excluding tert-OH is 1. The van der Waals surface area contributed by atoms with Gasteiger partial charge in [0.2, 0.25) is 0 Å². The van der Waals surface area contributed by atoms with Crippen LogP contribution in [0, 0.1) is 13.8 Å². The van der Waals surface area contributed by atoms with Gasteiger partial charge in [-0.25, -0.2) is 0 Å². The molecule has 0 bridgehead atoms. The lowest BCUT2D eigenvalue weighted by Gasteiger charge is -2.32. The van der Waals surface area contributed by atoms with Gasteiger partial charge in [0, 0.05) is 35.8 Å². The van der Waals surface area contributed by atoms with E-state index in [2.05, 4.69) is 71.1 Å². The van der Waals surface area contributed by atoms with E-state index in [1.165, 1.54) is 10.5 Å². The second kappa shape index (κ2) is 12.9. The third-order valence-corrected chi connectivity index (χ3v) is 7.11. The minimum atomic E-state index is -0.156. The molecule has 0 amide bonds. The van der Waals surface area contributed by atoms with Gasteiger partial charge in [0.25, 0.3) is 0 Å². The fourth-order valence-corrected chi connectivity index (χ4v) is 4.79. The topological polar surface area (TPSA) is 61.8 Å². The molecule has 5 nitrogen and oxygen atoms in total. The van der Waals surface area contributed by atoms with Crippen molar-refractivity contribution in [3.63, 3.8) is 0 Å². The van der Waals surface area contributed by atoms with Crippen molar-refractivity contribution in [2.24, 2.45) is 0 Å². The Hall–Kier alpha value is -2.35. The van der Waals surface area contributed by atoms with E-state index in [1.54, 1.807) is 11.9 Å². The van der Waals surface area contributed by atoms with E-state index < -0.39 is 0 Å². The lowest BCUT2D eigenvalue weighted by atomic mass is 10.0. The van der Waals surface area contributed by atoms with Crippen LogP contribution in [0.4, 0.5) is 5.69 Å². The molecule has 1 aliphatic heterocycles. The second-order valence-electron chi connectivity index (χ2n) is 8.10. The van der Waals surface area contributed by atoms with Gasteiger partial charge in [0.15, 0.2) is 0 Å². The second-order valence-corrected chi connectivity index (χ2v) is 9.35. The Morgan fingerprint density at radius 2 is 1.85 bits per heavy atom. The molecule has 180 valence electrons. The first-order chi connectivity index (χ1) is 16.5. The number of morpholine rings is 1. The maximum atomic E-state index is 11.3. The van der Waals surface area contributed by atoms with E-state index in [0.29, 0.717) is 13.2 Å². The standard InChI is InChI=1S/C26H27ClN2O2S.CH4O/c1-18-13-26(19(2)12-25(18)27)32-28-23-5-3-4-22(14-23)21-8-6-20(7-9-21)15-29-10-11-31-17-24(29)16-30;1-2/h3-9,12-14,16,24,28H,10-11,15,17H2,1-2H3;2H,1H3. The van der Waals surface area contributed by atoms with Crippen molar-refractivity contribution in [1.29, 1.82) is 0 Å². The van der Waals surface area contributed by atoms with Crippen LogP contribution in [0.2, 0.25) is 5.02 Å². The molecule has 34 heavy (non-hydrogen) atoms. The molecule has 1 fully saturated rings. The fraction of sp³-hybridized carbons (Fsp3) is 0.296. The molecule has 0 radical (unpaired) electrons. The predicted molar refractivity (Wildman–Crippen MR) is 142 cm³/mol. The van der Waals surface area contributed by atoms with E-state index in [1.807, 2.05) is 13.0 Å². The van der Waals surface area contributed by atoms with E-state index in [0.717, 1.165) is 59.4 Å². The first-order valence-corrected chi connectivity index (χ1v) is 12.3. The number of nitrogens with one attached hydrogen (secondary N) is 1. The molecular weight excluding hydrogens is 468 g/mol. The van der Waals surface area contributed by atoms with Crippen molar-refractivity contribution in [2.45, 2.75) is 31.3 Å². The Bertz CT molecular complexity index is 1090. The predicted octanol–water partition coefficient (Wildman–Crippen LogP) is 5.75. The van der Waals surface area contributed by atoms with Gasteiger partial charge >= 0.3 is 0 Å². The molecule has 7 heteroatoms.